The first-order chi connectivity index (χ1) is 7.36. The van der Waals surface area contributed by atoms with Crippen LogP contribution >= 0.6 is 0 Å². The molecule has 1 aromatic carbocycles. The van der Waals surface area contributed by atoms with E-state index in [1.165, 1.54) is 0 Å². The van der Waals surface area contributed by atoms with Crippen molar-refractivity contribution in [3.63, 3.8) is 0 Å². The molecule has 0 heterocycles. The van der Waals surface area contributed by atoms with Gasteiger partial charge in [-0.2, -0.15) is 0 Å². The van der Waals surface area contributed by atoms with E-state index in [9.17, 15) is 0 Å². The monoisotopic (exact) mass is 206 g/mol. The molecule has 0 fully saturated rings. The van der Waals surface area contributed by atoms with E-state index in [1.54, 1.807) is 0 Å². The summed E-state index contributed by atoms with van der Waals surface area (Å²) in [7, 11) is 0. The largest absolute Gasteiger partial charge is 0.491 e. The molecule has 0 atom stereocenters. The molecule has 0 aliphatic carbocycles. The summed E-state index contributed by atoms with van der Waals surface area (Å²) < 4.78 is 10.7. The van der Waals surface area contributed by atoms with Gasteiger partial charge in [0.05, 0.1) is 6.61 Å². The molecule has 0 saturated heterocycles. The van der Waals surface area contributed by atoms with E-state index in [-0.39, 0.29) is 0 Å². The molecule has 1 aromatic rings. The second-order valence-electron chi connectivity index (χ2n) is 3.12. The fraction of sp³-hybridized carbons (Fsp3) is 0.385. The molecule has 0 radical (unpaired) electrons. The molecule has 82 valence electrons. The van der Waals surface area contributed by atoms with Crippen LogP contribution in [0, 0.1) is 0 Å². The average Bonchev–Trinajstić information content (AvgIpc) is 2.26. The van der Waals surface area contributed by atoms with Gasteiger partial charge in [0.2, 0.25) is 0 Å². The molecule has 2 nitrogen and oxygen atoms in total. The van der Waals surface area contributed by atoms with E-state index >= 15 is 0 Å². The number of benzene rings is 1. The van der Waals surface area contributed by atoms with Crippen LogP contribution in [0.3, 0.4) is 0 Å². The molecule has 15 heavy (non-hydrogen) atoms. The highest BCUT2D eigenvalue weighted by atomic mass is 16.5. The van der Waals surface area contributed by atoms with Gasteiger partial charge < -0.3 is 9.47 Å². The Bertz CT molecular complexity index is 305. The Kier molecular flexibility index (Phi) is 5.56. The molecular formula is C13H18O2. The smallest absolute Gasteiger partial charge is 0.120 e. The first kappa shape index (κ1) is 11.8. The Hall–Kier alpha value is -1.28. The summed E-state index contributed by atoms with van der Waals surface area (Å²) in [6, 6.07) is 8.02. The number of ether oxygens (including phenoxy) is 2. The Morgan fingerprint density at radius 1 is 1.27 bits per heavy atom. The van der Waals surface area contributed by atoms with Crippen molar-refractivity contribution in [2.75, 3.05) is 19.8 Å². The first-order valence-electron chi connectivity index (χ1n) is 5.30. The molecule has 0 amide bonds. The summed E-state index contributed by atoms with van der Waals surface area (Å²) in [5.74, 6) is 0.894. The fourth-order valence-electron chi connectivity index (χ4n) is 1.26. The highest BCUT2D eigenvalue weighted by molar-refractivity contribution is 5.51. The van der Waals surface area contributed by atoms with E-state index in [0.717, 1.165) is 17.9 Å². The molecule has 2 heteroatoms. The first-order valence-corrected chi connectivity index (χ1v) is 5.30. The maximum Gasteiger partial charge on any atom is 0.120 e. The van der Waals surface area contributed by atoms with Crippen LogP contribution in [0.25, 0.3) is 6.08 Å². The van der Waals surface area contributed by atoms with Crippen molar-refractivity contribution in [2.45, 2.75) is 13.8 Å². The number of hydrogen-bond donors (Lipinski definition) is 0. The summed E-state index contributed by atoms with van der Waals surface area (Å²) in [6.45, 7) is 5.97. The minimum Gasteiger partial charge on any atom is -0.491 e. The van der Waals surface area contributed by atoms with Crippen LogP contribution < -0.4 is 4.74 Å². The maximum absolute atomic E-state index is 5.54. The summed E-state index contributed by atoms with van der Waals surface area (Å²) >= 11 is 0. The van der Waals surface area contributed by atoms with Crippen molar-refractivity contribution in [3.05, 3.63) is 35.9 Å². The van der Waals surface area contributed by atoms with Gasteiger partial charge in [-0.05, 0) is 31.5 Å². The highest BCUT2D eigenvalue weighted by Gasteiger charge is 1.94. The number of rotatable bonds is 6. The zero-order valence-corrected chi connectivity index (χ0v) is 9.40. The Labute approximate surface area is 91.5 Å². The minimum absolute atomic E-state index is 0.604. The predicted octanol–water partition coefficient (Wildman–Crippen LogP) is 3.14. The lowest BCUT2D eigenvalue weighted by molar-refractivity contribution is 0.110. The van der Waals surface area contributed by atoms with Crippen molar-refractivity contribution < 1.29 is 9.47 Å². The second-order valence-corrected chi connectivity index (χ2v) is 3.12. The number of allylic oxidation sites excluding steroid dienone is 1. The normalized spacial score (nSPS) is 10.8. The van der Waals surface area contributed by atoms with Gasteiger partial charge in [-0.25, -0.2) is 0 Å². The molecular weight excluding hydrogens is 188 g/mol. The molecule has 0 aromatic heterocycles. The molecule has 0 aliphatic rings. The van der Waals surface area contributed by atoms with Crippen LogP contribution in [-0.4, -0.2) is 19.8 Å². The van der Waals surface area contributed by atoms with E-state index in [1.807, 2.05) is 38.1 Å². The molecule has 0 aliphatic heterocycles. The van der Waals surface area contributed by atoms with Crippen LogP contribution in [-0.2, 0) is 4.74 Å². The van der Waals surface area contributed by atoms with Gasteiger partial charge in [0, 0.05) is 6.61 Å². The quantitative estimate of drug-likeness (QED) is 0.666. The van der Waals surface area contributed by atoms with Gasteiger partial charge >= 0.3 is 0 Å². The SMILES string of the molecule is CC=Cc1cccc(OCCOCC)c1. The third-order valence-corrected chi connectivity index (χ3v) is 1.92. The van der Waals surface area contributed by atoms with Gasteiger partial charge in [0.1, 0.15) is 12.4 Å². The van der Waals surface area contributed by atoms with E-state index < -0.39 is 0 Å². The Morgan fingerprint density at radius 2 is 2.13 bits per heavy atom. The van der Waals surface area contributed by atoms with Crippen molar-refractivity contribution in [2.24, 2.45) is 0 Å². The molecule has 1 rings (SSSR count). The number of hydrogen-bond acceptors (Lipinski definition) is 2. The standard InChI is InChI=1S/C13H18O2/c1-3-6-12-7-5-8-13(11-12)15-10-9-14-4-2/h3,5-8,11H,4,9-10H2,1-2H3. The van der Waals surface area contributed by atoms with Crippen LogP contribution in [0.2, 0.25) is 0 Å². The summed E-state index contributed by atoms with van der Waals surface area (Å²) in [6.07, 6.45) is 4.06. The van der Waals surface area contributed by atoms with Crippen LogP contribution in [0.5, 0.6) is 5.75 Å². The summed E-state index contributed by atoms with van der Waals surface area (Å²) in [5.41, 5.74) is 1.16. The van der Waals surface area contributed by atoms with Crippen LogP contribution in [0.4, 0.5) is 0 Å². The minimum atomic E-state index is 0.604. The van der Waals surface area contributed by atoms with Gasteiger partial charge in [-0.15, -0.1) is 0 Å². The third kappa shape index (κ3) is 4.66. The lowest BCUT2D eigenvalue weighted by Crippen LogP contribution is -2.06. The summed E-state index contributed by atoms with van der Waals surface area (Å²) in [5, 5.41) is 0. The lowest BCUT2D eigenvalue weighted by atomic mass is 10.2. The fourth-order valence-corrected chi connectivity index (χ4v) is 1.26. The van der Waals surface area contributed by atoms with Crippen molar-refractivity contribution in [3.8, 4) is 5.75 Å². The van der Waals surface area contributed by atoms with E-state index in [0.29, 0.717) is 13.2 Å². The zero-order valence-electron chi connectivity index (χ0n) is 9.40. The molecule has 0 bridgehead atoms. The highest BCUT2D eigenvalue weighted by Crippen LogP contribution is 2.14. The van der Waals surface area contributed by atoms with E-state index in [2.05, 4.69) is 12.1 Å². The maximum atomic E-state index is 5.54. The van der Waals surface area contributed by atoms with Gasteiger partial charge in [-0.3, -0.25) is 0 Å². The average molecular weight is 206 g/mol. The Balaban J connectivity index is 2.43. The molecule has 0 saturated carbocycles. The van der Waals surface area contributed by atoms with Crippen LogP contribution in [0.1, 0.15) is 19.4 Å². The van der Waals surface area contributed by atoms with Gasteiger partial charge in [0.15, 0.2) is 0 Å². The molecule has 0 spiro atoms. The third-order valence-electron chi connectivity index (χ3n) is 1.92. The zero-order chi connectivity index (χ0) is 10.9. The van der Waals surface area contributed by atoms with E-state index in [4.69, 9.17) is 9.47 Å². The lowest BCUT2D eigenvalue weighted by Gasteiger charge is -2.06. The van der Waals surface area contributed by atoms with Gasteiger partial charge in [0.25, 0.3) is 0 Å². The van der Waals surface area contributed by atoms with Crippen molar-refractivity contribution in [1.29, 1.82) is 0 Å². The Morgan fingerprint density at radius 3 is 2.87 bits per heavy atom. The van der Waals surface area contributed by atoms with Crippen LogP contribution in [0.15, 0.2) is 30.3 Å². The van der Waals surface area contributed by atoms with Crippen molar-refractivity contribution in [1.82, 2.24) is 0 Å². The topological polar surface area (TPSA) is 18.5 Å². The second kappa shape index (κ2) is 7.07. The van der Waals surface area contributed by atoms with Crippen molar-refractivity contribution >= 4 is 6.08 Å². The molecule has 0 N–H and O–H groups in total. The summed E-state index contributed by atoms with van der Waals surface area (Å²) in [4.78, 5) is 0. The molecule has 0 unspecified atom stereocenters. The van der Waals surface area contributed by atoms with Gasteiger partial charge in [-0.1, -0.05) is 24.3 Å². The predicted molar refractivity (Wildman–Crippen MR) is 63.1 cm³/mol.